The maximum absolute atomic E-state index is 13.8. The number of amides is 1. The Bertz CT molecular complexity index is 614. The highest BCUT2D eigenvalue weighted by atomic mass is 19.1. The number of carbonyl (C=O) groups excluding carboxylic acids is 1. The minimum Gasteiger partial charge on any atom is -0.481 e. The van der Waals surface area contributed by atoms with Crippen LogP contribution in [0.1, 0.15) is 51.0 Å². The fourth-order valence-corrected chi connectivity index (χ4v) is 3.00. The van der Waals surface area contributed by atoms with Crippen molar-refractivity contribution in [2.24, 2.45) is 5.92 Å². The van der Waals surface area contributed by atoms with E-state index in [0.717, 1.165) is 6.07 Å². The number of carbonyl (C=O) groups is 2. The Balaban J connectivity index is 2.06. The van der Waals surface area contributed by atoms with Crippen LogP contribution in [0.2, 0.25) is 0 Å². The lowest BCUT2D eigenvalue weighted by atomic mass is 9.88. The molecule has 0 aromatic heterocycles. The molecular formula is C17H21F2NO3. The zero-order valence-corrected chi connectivity index (χ0v) is 13.2. The SMILES string of the molecule is CCC(CC)(CC(=O)O)NC(=O)C1CC1c1ccc(F)cc1F. The van der Waals surface area contributed by atoms with Gasteiger partial charge in [-0.1, -0.05) is 19.9 Å². The summed E-state index contributed by atoms with van der Waals surface area (Å²) < 4.78 is 26.7. The molecule has 0 spiro atoms. The molecule has 23 heavy (non-hydrogen) atoms. The van der Waals surface area contributed by atoms with Crippen molar-refractivity contribution in [1.82, 2.24) is 5.32 Å². The molecule has 2 unspecified atom stereocenters. The average Bonchev–Trinajstić information content (AvgIpc) is 3.26. The number of hydrogen-bond acceptors (Lipinski definition) is 2. The Kier molecular flexibility index (Phi) is 5.02. The van der Waals surface area contributed by atoms with Crippen molar-refractivity contribution in [2.75, 3.05) is 0 Å². The first kappa shape index (κ1) is 17.4. The second-order valence-electron chi connectivity index (χ2n) is 6.16. The van der Waals surface area contributed by atoms with Crippen LogP contribution in [-0.2, 0) is 9.59 Å². The molecule has 2 N–H and O–H groups in total. The van der Waals surface area contributed by atoms with Gasteiger partial charge in [-0.05, 0) is 36.8 Å². The zero-order valence-electron chi connectivity index (χ0n) is 13.2. The lowest BCUT2D eigenvalue weighted by molar-refractivity contribution is -0.139. The summed E-state index contributed by atoms with van der Waals surface area (Å²) in [6.45, 7) is 3.66. The van der Waals surface area contributed by atoms with Crippen molar-refractivity contribution < 1.29 is 23.5 Å². The Hall–Kier alpha value is -1.98. The monoisotopic (exact) mass is 325 g/mol. The van der Waals surface area contributed by atoms with E-state index in [2.05, 4.69) is 5.32 Å². The lowest BCUT2D eigenvalue weighted by Gasteiger charge is -2.31. The molecule has 0 bridgehead atoms. The van der Waals surface area contributed by atoms with Crippen LogP contribution in [0.4, 0.5) is 8.78 Å². The van der Waals surface area contributed by atoms with Gasteiger partial charge >= 0.3 is 5.97 Å². The number of carboxylic acid groups (broad SMARTS) is 1. The Labute approximate surface area is 133 Å². The number of halogens is 2. The summed E-state index contributed by atoms with van der Waals surface area (Å²) in [5, 5.41) is 11.9. The van der Waals surface area contributed by atoms with Crippen LogP contribution in [0, 0.1) is 17.6 Å². The molecule has 2 rings (SSSR count). The summed E-state index contributed by atoms with van der Waals surface area (Å²) in [6.07, 6.45) is 1.35. The molecule has 4 nitrogen and oxygen atoms in total. The van der Waals surface area contributed by atoms with E-state index in [9.17, 15) is 18.4 Å². The van der Waals surface area contributed by atoms with E-state index < -0.39 is 23.1 Å². The zero-order chi connectivity index (χ0) is 17.2. The molecule has 1 aliphatic carbocycles. The summed E-state index contributed by atoms with van der Waals surface area (Å²) >= 11 is 0. The maximum atomic E-state index is 13.8. The van der Waals surface area contributed by atoms with Gasteiger partial charge in [0.25, 0.3) is 0 Å². The molecule has 0 heterocycles. The fraction of sp³-hybridized carbons (Fsp3) is 0.529. The molecule has 1 aliphatic rings. The standard InChI is InChI=1S/C17H21F2NO3/c1-3-17(4-2,9-15(21)22)20-16(23)13-8-12(13)11-6-5-10(18)7-14(11)19/h5-7,12-13H,3-4,8-9H2,1-2H3,(H,20,23)(H,21,22). The molecule has 1 fully saturated rings. The van der Waals surface area contributed by atoms with Crippen molar-refractivity contribution in [3.05, 3.63) is 35.4 Å². The predicted molar refractivity (Wildman–Crippen MR) is 80.9 cm³/mol. The Morgan fingerprint density at radius 3 is 2.48 bits per heavy atom. The topological polar surface area (TPSA) is 66.4 Å². The van der Waals surface area contributed by atoms with E-state index >= 15 is 0 Å². The van der Waals surface area contributed by atoms with Gasteiger partial charge in [-0.2, -0.15) is 0 Å². The third-order valence-electron chi connectivity index (χ3n) is 4.72. The van der Waals surface area contributed by atoms with Crippen molar-refractivity contribution >= 4 is 11.9 Å². The molecule has 2 atom stereocenters. The van der Waals surface area contributed by atoms with Crippen LogP contribution < -0.4 is 5.32 Å². The molecular weight excluding hydrogens is 304 g/mol. The van der Waals surface area contributed by atoms with Gasteiger partial charge < -0.3 is 10.4 Å². The van der Waals surface area contributed by atoms with Gasteiger partial charge in [-0.3, -0.25) is 9.59 Å². The highest BCUT2D eigenvalue weighted by Gasteiger charge is 2.47. The van der Waals surface area contributed by atoms with E-state index in [0.29, 0.717) is 24.8 Å². The van der Waals surface area contributed by atoms with E-state index in [1.165, 1.54) is 12.1 Å². The highest BCUT2D eigenvalue weighted by Crippen LogP contribution is 2.48. The summed E-state index contributed by atoms with van der Waals surface area (Å²) in [5.41, 5.74) is -0.444. The summed E-state index contributed by atoms with van der Waals surface area (Å²) in [6, 6.07) is 3.36. The van der Waals surface area contributed by atoms with E-state index in [1.807, 2.05) is 13.8 Å². The lowest BCUT2D eigenvalue weighted by Crippen LogP contribution is -2.49. The number of nitrogens with one attached hydrogen (secondary N) is 1. The predicted octanol–water partition coefficient (Wildman–Crippen LogP) is 3.22. The first-order valence-electron chi connectivity index (χ1n) is 7.80. The van der Waals surface area contributed by atoms with Crippen LogP contribution in [0.25, 0.3) is 0 Å². The number of aliphatic carboxylic acids is 1. The van der Waals surface area contributed by atoms with Crippen molar-refractivity contribution in [3.8, 4) is 0 Å². The van der Waals surface area contributed by atoms with Crippen molar-refractivity contribution in [1.29, 1.82) is 0 Å². The molecule has 0 aliphatic heterocycles. The van der Waals surface area contributed by atoms with Gasteiger partial charge in [0.1, 0.15) is 11.6 Å². The van der Waals surface area contributed by atoms with Gasteiger partial charge in [0.2, 0.25) is 5.91 Å². The first-order valence-corrected chi connectivity index (χ1v) is 7.80. The quantitative estimate of drug-likeness (QED) is 0.809. The first-order chi connectivity index (χ1) is 10.8. The van der Waals surface area contributed by atoms with Gasteiger partial charge in [-0.15, -0.1) is 0 Å². The summed E-state index contributed by atoms with van der Waals surface area (Å²) in [7, 11) is 0. The normalized spacial score (nSPS) is 20.2. The molecule has 126 valence electrons. The second-order valence-corrected chi connectivity index (χ2v) is 6.16. The molecule has 0 saturated heterocycles. The smallest absolute Gasteiger partial charge is 0.305 e. The van der Waals surface area contributed by atoms with E-state index in [4.69, 9.17) is 5.11 Å². The maximum Gasteiger partial charge on any atom is 0.305 e. The van der Waals surface area contributed by atoms with Crippen LogP contribution >= 0.6 is 0 Å². The average molecular weight is 325 g/mol. The van der Waals surface area contributed by atoms with Gasteiger partial charge in [0.15, 0.2) is 0 Å². The molecule has 1 saturated carbocycles. The van der Waals surface area contributed by atoms with E-state index in [1.54, 1.807) is 0 Å². The number of hydrogen-bond donors (Lipinski definition) is 2. The number of benzene rings is 1. The largest absolute Gasteiger partial charge is 0.481 e. The number of rotatable bonds is 7. The minimum atomic E-state index is -0.967. The van der Waals surface area contributed by atoms with Crippen LogP contribution in [0.3, 0.4) is 0 Å². The summed E-state index contributed by atoms with van der Waals surface area (Å²) in [4.78, 5) is 23.4. The number of carboxylic acids is 1. The Morgan fingerprint density at radius 1 is 1.30 bits per heavy atom. The van der Waals surface area contributed by atoms with Crippen molar-refractivity contribution in [2.45, 2.75) is 51.0 Å². The van der Waals surface area contributed by atoms with Gasteiger partial charge in [-0.25, -0.2) is 8.78 Å². The minimum absolute atomic E-state index is 0.145. The highest BCUT2D eigenvalue weighted by molar-refractivity contribution is 5.84. The molecule has 1 aromatic rings. The third-order valence-corrected chi connectivity index (χ3v) is 4.72. The molecule has 0 radical (unpaired) electrons. The molecule has 1 amide bonds. The Morgan fingerprint density at radius 2 is 1.96 bits per heavy atom. The fourth-order valence-electron chi connectivity index (χ4n) is 3.00. The van der Waals surface area contributed by atoms with Crippen LogP contribution in [0.15, 0.2) is 18.2 Å². The van der Waals surface area contributed by atoms with Crippen LogP contribution in [0.5, 0.6) is 0 Å². The third kappa shape index (κ3) is 3.86. The van der Waals surface area contributed by atoms with Gasteiger partial charge in [0.05, 0.1) is 6.42 Å². The van der Waals surface area contributed by atoms with E-state index in [-0.39, 0.29) is 24.2 Å². The second kappa shape index (κ2) is 6.64. The summed E-state index contributed by atoms with van der Waals surface area (Å²) in [5.74, 6) is -3.18. The molecule has 1 aromatic carbocycles. The van der Waals surface area contributed by atoms with Gasteiger partial charge in [0, 0.05) is 17.5 Å². The van der Waals surface area contributed by atoms with Crippen LogP contribution in [-0.4, -0.2) is 22.5 Å². The van der Waals surface area contributed by atoms with Crippen molar-refractivity contribution in [3.63, 3.8) is 0 Å². The molecule has 6 heteroatoms.